The second-order valence-electron chi connectivity index (χ2n) is 6.45. The first kappa shape index (κ1) is 15.1. The van der Waals surface area contributed by atoms with Crippen LogP contribution in [0.1, 0.15) is 36.1 Å². The van der Waals surface area contributed by atoms with E-state index < -0.39 is 0 Å². The molecule has 0 saturated carbocycles. The van der Waals surface area contributed by atoms with Crippen molar-refractivity contribution in [2.45, 2.75) is 32.3 Å². The molecular formula is C20H20O4. The monoisotopic (exact) mass is 324 g/mol. The van der Waals surface area contributed by atoms with Gasteiger partial charge in [0.05, 0.1) is 5.41 Å². The quantitative estimate of drug-likeness (QED) is 0.812. The Morgan fingerprint density at radius 3 is 2.21 bits per heavy atom. The second kappa shape index (κ2) is 5.55. The van der Waals surface area contributed by atoms with Crippen LogP contribution >= 0.6 is 0 Å². The van der Waals surface area contributed by atoms with Crippen LogP contribution in [0.4, 0.5) is 0 Å². The highest BCUT2D eigenvalue weighted by atomic mass is 16.5. The van der Waals surface area contributed by atoms with Crippen molar-refractivity contribution >= 4 is 5.97 Å². The predicted octanol–water partition coefficient (Wildman–Crippen LogP) is 3.38. The number of esters is 1. The maximum atomic E-state index is 11.1. The first-order chi connectivity index (χ1) is 11.6. The summed E-state index contributed by atoms with van der Waals surface area (Å²) in [5.74, 6) is 1.55. The van der Waals surface area contributed by atoms with Gasteiger partial charge in [-0.3, -0.25) is 4.79 Å². The summed E-state index contributed by atoms with van der Waals surface area (Å²) in [6.07, 6.45) is 0.990. The van der Waals surface area contributed by atoms with Crippen LogP contribution in [0.25, 0.3) is 0 Å². The van der Waals surface area contributed by atoms with Crippen LogP contribution in [0.3, 0.4) is 0 Å². The van der Waals surface area contributed by atoms with E-state index in [1.165, 1.54) is 18.1 Å². The normalized spacial score (nSPS) is 20.2. The first-order valence-corrected chi connectivity index (χ1v) is 8.28. The minimum Gasteiger partial charge on any atom is -0.492 e. The average molecular weight is 324 g/mol. The SMILES string of the molecule is CCc1ccc2c(c1)C1(CO2)COc2ccc(COC(C)=O)cc21. The van der Waals surface area contributed by atoms with Crippen molar-refractivity contribution in [2.24, 2.45) is 0 Å². The number of ether oxygens (including phenoxy) is 3. The number of carbonyl (C=O) groups excluding carboxylic acids is 1. The van der Waals surface area contributed by atoms with E-state index in [1.54, 1.807) is 0 Å². The van der Waals surface area contributed by atoms with E-state index in [9.17, 15) is 4.79 Å². The lowest BCUT2D eigenvalue weighted by atomic mass is 9.77. The summed E-state index contributed by atoms with van der Waals surface area (Å²) >= 11 is 0. The van der Waals surface area contributed by atoms with Gasteiger partial charge in [-0.1, -0.05) is 25.1 Å². The Labute approximate surface area is 141 Å². The molecule has 0 aliphatic carbocycles. The lowest BCUT2D eigenvalue weighted by Gasteiger charge is -2.21. The number of carbonyl (C=O) groups is 1. The van der Waals surface area contributed by atoms with Crippen molar-refractivity contribution in [1.82, 2.24) is 0 Å². The largest absolute Gasteiger partial charge is 0.492 e. The maximum Gasteiger partial charge on any atom is 0.302 e. The number of rotatable bonds is 3. The zero-order valence-corrected chi connectivity index (χ0v) is 13.9. The summed E-state index contributed by atoms with van der Waals surface area (Å²) in [6.45, 7) is 5.02. The molecule has 0 fully saturated rings. The van der Waals surface area contributed by atoms with Crippen molar-refractivity contribution in [1.29, 1.82) is 0 Å². The molecule has 4 heteroatoms. The molecule has 0 saturated heterocycles. The summed E-state index contributed by atoms with van der Waals surface area (Å²) in [4.78, 5) is 11.1. The Hall–Kier alpha value is -2.49. The van der Waals surface area contributed by atoms with Crippen molar-refractivity contribution in [3.05, 3.63) is 58.7 Å². The molecule has 4 nitrogen and oxygen atoms in total. The summed E-state index contributed by atoms with van der Waals surface area (Å²) < 4.78 is 17.1. The highest BCUT2D eigenvalue weighted by Gasteiger charge is 2.48. The summed E-state index contributed by atoms with van der Waals surface area (Å²) in [6, 6.07) is 12.4. The number of aryl methyl sites for hydroxylation is 1. The Morgan fingerprint density at radius 2 is 1.62 bits per heavy atom. The number of hydrogen-bond acceptors (Lipinski definition) is 4. The van der Waals surface area contributed by atoms with E-state index in [2.05, 4.69) is 31.2 Å². The van der Waals surface area contributed by atoms with E-state index in [-0.39, 0.29) is 18.0 Å². The molecule has 1 unspecified atom stereocenters. The lowest BCUT2D eigenvalue weighted by molar-refractivity contribution is -0.142. The van der Waals surface area contributed by atoms with Gasteiger partial charge in [0.25, 0.3) is 0 Å². The van der Waals surface area contributed by atoms with Gasteiger partial charge in [-0.25, -0.2) is 0 Å². The highest BCUT2D eigenvalue weighted by Crippen LogP contribution is 2.50. The molecule has 0 bridgehead atoms. The maximum absolute atomic E-state index is 11.1. The van der Waals surface area contributed by atoms with Crippen molar-refractivity contribution in [3.63, 3.8) is 0 Å². The van der Waals surface area contributed by atoms with Gasteiger partial charge < -0.3 is 14.2 Å². The molecule has 2 aromatic rings. The number of hydrogen-bond donors (Lipinski definition) is 0. The van der Waals surface area contributed by atoms with Crippen LogP contribution in [0.15, 0.2) is 36.4 Å². The van der Waals surface area contributed by atoms with E-state index in [0.717, 1.165) is 29.0 Å². The Balaban J connectivity index is 1.77. The number of fused-ring (bicyclic) bond motifs is 4. The molecule has 24 heavy (non-hydrogen) atoms. The van der Waals surface area contributed by atoms with Gasteiger partial charge in [-0.15, -0.1) is 0 Å². The molecular weight excluding hydrogens is 304 g/mol. The Bertz CT molecular complexity index is 807. The number of benzene rings is 2. The second-order valence-corrected chi connectivity index (χ2v) is 6.45. The fourth-order valence-electron chi connectivity index (χ4n) is 3.55. The molecule has 124 valence electrons. The van der Waals surface area contributed by atoms with Gasteiger partial charge in [-0.05, 0) is 35.7 Å². The molecule has 0 aromatic heterocycles. The third-order valence-electron chi connectivity index (χ3n) is 4.92. The smallest absolute Gasteiger partial charge is 0.302 e. The van der Waals surface area contributed by atoms with Crippen LogP contribution in [0, 0.1) is 0 Å². The van der Waals surface area contributed by atoms with Crippen molar-refractivity contribution in [2.75, 3.05) is 13.2 Å². The molecule has 1 spiro atoms. The van der Waals surface area contributed by atoms with Gasteiger partial charge >= 0.3 is 5.97 Å². The fourth-order valence-corrected chi connectivity index (χ4v) is 3.55. The molecule has 1 atom stereocenters. The van der Waals surface area contributed by atoms with Gasteiger partial charge in [0.2, 0.25) is 0 Å². The summed E-state index contributed by atoms with van der Waals surface area (Å²) in [5.41, 5.74) is 4.32. The van der Waals surface area contributed by atoms with Crippen LogP contribution in [0.5, 0.6) is 11.5 Å². The van der Waals surface area contributed by atoms with Gasteiger partial charge in [0.1, 0.15) is 31.3 Å². The van der Waals surface area contributed by atoms with E-state index >= 15 is 0 Å². The third-order valence-corrected chi connectivity index (χ3v) is 4.92. The van der Waals surface area contributed by atoms with Crippen molar-refractivity contribution < 1.29 is 19.0 Å². The molecule has 2 aliphatic heterocycles. The molecule has 2 aromatic carbocycles. The lowest BCUT2D eigenvalue weighted by Crippen LogP contribution is -2.31. The summed E-state index contributed by atoms with van der Waals surface area (Å²) in [7, 11) is 0. The fraction of sp³-hybridized carbons (Fsp3) is 0.350. The summed E-state index contributed by atoms with van der Waals surface area (Å²) in [5, 5.41) is 0. The van der Waals surface area contributed by atoms with Crippen LogP contribution in [0.2, 0.25) is 0 Å². The Morgan fingerprint density at radius 1 is 1.04 bits per heavy atom. The van der Waals surface area contributed by atoms with Gasteiger partial charge in [-0.2, -0.15) is 0 Å². The van der Waals surface area contributed by atoms with Crippen molar-refractivity contribution in [3.8, 4) is 11.5 Å². The molecule has 2 heterocycles. The zero-order valence-electron chi connectivity index (χ0n) is 13.9. The predicted molar refractivity (Wildman–Crippen MR) is 89.5 cm³/mol. The third kappa shape index (κ3) is 2.25. The molecule has 0 N–H and O–H groups in total. The van der Waals surface area contributed by atoms with E-state index in [4.69, 9.17) is 14.2 Å². The molecule has 4 rings (SSSR count). The van der Waals surface area contributed by atoms with Crippen LogP contribution in [-0.4, -0.2) is 19.2 Å². The van der Waals surface area contributed by atoms with Crippen LogP contribution < -0.4 is 9.47 Å². The van der Waals surface area contributed by atoms with Gasteiger partial charge in [0.15, 0.2) is 0 Å². The molecule has 0 amide bonds. The molecule has 2 aliphatic rings. The van der Waals surface area contributed by atoms with E-state index in [0.29, 0.717) is 13.2 Å². The van der Waals surface area contributed by atoms with Crippen LogP contribution in [-0.2, 0) is 28.0 Å². The standard InChI is InChI=1S/C20H20O4/c1-3-14-4-6-18-16(8-14)20(11-23-18)12-24-19-7-5-15(9-17(19)20)10-22-13(2)21/h4-9H,3,10-12H2,1-2H3. The molecule has 0 radical (unpaired) electrons. The zero-order chi connectivity index (χ0) is 16.7. The highest BCUT2D eigenvalue weighted by molar-refractivity contribution is 5.66. The topological polar surface area (TPSA) is 44.8 Å². The van der Waals surface area contributed by atoms with E-state index in [1.807, 2.05) is 12.1 Å². The average Bonchev–Trinajstić information content (AvgIpc) is 3.15. The first-order valence-electron chi connectivity index (χ1n) is 8.28. The van der Waals surface area contributed by atoms with Gasteiger partial charge in [0, 0.05) is 18.1 Å². The minimum absolute atomic E-state index is 0.262. The minimum atomic E-state index is -0.274. The Kier molecular flexibility index (Phi) is 3.48.